The Morgan fingerprint density at radius 3 is 2.49 bits per heavy atom. The normalized spacial score (nSPS) is 11.7. The number of nitrogens with zero attached hydrogens (tertiary/aromatic N) is 5. The quantitative estimate of drug-likeness (QED) is 0.298. The molecule has 10 heteroatoms. The van der Waals surface area contributed by atoms with Crippen molar-refractivity contribution >= 4 is 22.5 Å². The van der Waals surface area contributed by atoms with Crippen molar-refractivity contribution in [1.29, 1.82) is 0 Å². The number of alkyl halides is 2. The largest absolute Gasteiger partial charge is 0.377 e. The third-order valence-electron chi connectivity index (χ3n) is 6.77. The van der Waals surface area contributed by atoms with Gasteiger partial charge in [0.25, 0.3) is 11.8 Å². The van der Waals surface area contributed by atoms with Gasteiger partial charge < -0.3 is 15.5 Å². The Kier molecular flexibility index (Phi) is 8.25. The number of benzene rings is 1. The molecule has 0 saturated heterocycles. The van der Waals surface area contributed by atoms with Crippen molar-refractivity contribution in [3.63, 3.8) is 0 Å². The van der Waals surface area contributed by atoms with E-state index in [1.54, 1.807) is 43.3 Å². The number of fused-ring (bicyclic) bond motifs is 1. The summed E-state index contributed by atoms with van der Waals surface area (Å²) in [5, 5.41) is 10.4. The number of aromatic nitrogens is 4. The van der Waals surface area contributed by atoms with Gasteiger partial charge in [0.2, 0.25) is 0 Å². The first-order valence-electron chi connectivity index (χ1n) is 13.0. The van der Waals surface area contributed by atoms with E-state index in [2.05, 4.69) is 20.7 Å². The van der Waals surface area contributed by atoms with Gasteiger partial charge in [0.1, 0.15) is 0 Å². The lowest BCUT2D eigenvalue weighted by Crippen LogP contribution is -2.37. The molecule has 0 bridgehead atoms. The van der Waals surface area contributed by atoms with E-state index in [0.29, 0.717) is 40.4 Å². The van der Waals surface area contributed by atoms with Gasteiger partial charge in [-0.2, -0.15) is 5.10 Å². The molecule has 0 atom stereocenters. The Morgan fingerprint density at radius 2 is 1.82 bits per heavy atom. The van der Waals surface area contributed by atoms with Gasteiger partial charge in [-0.05, 0) is 65.1 Å². The summed E-state index contributed by atoms with van der Waals surface area (Å²) in [7, 11) is 3.27. The number of carbonyl (C=O) groups excluding carboxylic acids is 1. The number of carbonyl (C=O) groups is 1. The van der Waals surface area contributed by atoms with Gasteiger partial charge in [0.05, 0.1) is 53.1 Å². The Labute approximate surface area is 227 Å². The Bertz CT molecular complexity index is 1500. The molecule has 1 aromatic carbocycles. The maximum atomic E-state index is 13.9. The summed E-state index contributed by atoms with van der Waals surface area (Å²) >= 11 is 0. The molecule has 3 aromatic heterocycles. The molecule has 0 unspecified atom stereocenters. The molecule has 0 spiro atoms. The molecule has 206 valence electrons. The first kappa shape index (κ1) is 28.1. The second kappa shape index (κ2) is 11.4. The smallest absolute Gasteiger partial charge is 0.277 e. The molecule has 0 aliphatic carbocycles. The van der Waals surface area contributed by atoms with Crippen LogP contribution < -0.4 is 10.6 Å². The van der Waals surface area contributed by atoms with Crippen molar-refractivity contribution in [2.75, 3.05) is 32.5 Å². The van der Waals surface area contributed by atoms with E-state index in [1.807, 2.05) is 43.7 Å². The first-order valence-corrected chi connectivity index (χ1v) is 13.0. The van der Waals surface area contributed by atoms with Crippen molar-refractivity contribution in [3.8, 4) is 11.4 Å². The van der Waals surface area contributed by atoms with Crippen LogP contribution in [0.4, 0.5) is 14.5 Å². The number of anilines is 1. The summed E-state index contributed by atoms with van der Waals surface area (Å²) in [6, 6.07) is 11.0. The molecule has 0 aliphatic rings. The van der Waals surface area contributed by atoms with Gasteiger partial charge in [-0.25, -0.2) is 18.7 Å². The highest BCUT2D eigenvalue weighted by Gasteiger charge is 2.27. The maximum Gasteiger partial charge on any atom is 0.277 e. The van der Waals surface area contributed by atoms with Crippen molar-refractivity contribution in [3.05, 3.63) is 70.7 Å². The van der Waals surface area contributed by atoms with Crippen LogP contribution >= 0.6 is 0 Å². The molecule has 0 saturated carbocycles. The number of hydrogen-bond acceptors (Lipinski definition) is 6. The third-order valence-corrected chi connectivity index (χ3v) is 6.77. The van der Waals surface area contributed by atoms with Crippen LogP contribution in [0.15, 0.2) is 42.6 Å². The van der Waals surface area contributed by atoms with Gasteiger partial charge in [0, 0.05) is 36.8 Å². The van der Waals surface area contributed by atoms with Crippen LogP contribution in [-0.4, -0.2) is 63.7 Å². The zero-order valence-electron chi connectivity index (χ0n) is 23.3. The monoisotopic (exact) mass is 535 g/mol. The molecule has 3 heterocycles. The van der Waals surface area contributed by atoms with Gasteiger partial charge in [-0.15, -0.1) is 0 Å². The molecule has 4 rings (SSSR count). The van der Waals surface area contributed by atoms with Gasteiger partial charge in [-0.3, -0.25) is 9.48 Å². The average Bonchev–Trinajstić information content (AvgIpc) is 3.25. The Morgan fingerprint density at radius 1 is 1.05 bits per heavy atom. The molecule has 1 amide bonds. The molecular formula is C29H35F2N7O. The summed E-state index contributed by atoms with van der Waals surface area (Å²) in [4.78, 5) is 24.9. The second-order valence-corrected chi connectivity index (χ2v) is 9.88. The van der Waals surface area contributed by atoms with Crippen molar-refractivity contribution < 1.29 is 13.6 Å². The number of nitrogens with one attached hydrogen (secondary N) is 2. The zero-order chi connectivity index (χ0) is 28.3. The molecule has 39 heavy (non-hydrogen) atoms. The summed E-state index contributed by atoms with van der Waals surface area (Å²) in [6.45, 7) is 8.02. The van der Waals surface area contributed by atoms with E-state index in [9.17, 15) is 13.6 Å². The van der Waals surface area contributed by atoms with Crippen LogP contribution in [0.25, 0.3) is 22.3 Å². The second-order valence-electron chi connectivity index (χ2n) is 9.88. The topological polar surface area (TPSA) is 88.0 Å². The van der Waals surface area contributed by atoms with E-state index >= 15 is 0 Å². The molecule has 2 N–H and O–H groups in total. The van der Waals surface area contributed by atoms with Gasteiger partial charge in [0.15, 0.2) is 0 Å². The van der Waals surface area contributed by atoms with E-state index in [-0.39, 0.29) is 5.91 Å². The van der Waals surface area contributed by atoms with E-state index in [0.717, 1.165) is 28.8 Å². The predicted octanol–water partition coefficient (Wildman–Crippen LogP) is 4.98. The predicted molar refractivity (Wildman–Crippen MR) is 150 cm³/mol. The molecule has 0 fully saturated rings. The molecule has 0 radical (unpaired) electrons. The number of pyridine rings is 2. The molecule has 8 nitrogen and oxygen atoms in total. The van der Waals surface area contributed by atoms with Crippen LogP contribution in [0.3, 0.4) is 0 Å². The number of amides is 1. The Hall–Kier alpha value is -3.92. The lowest BCUT2D eigenvalue weighted by molar-refractivity contribution is 0.0182. The maximum absolute atomic E-state index is 13.9. The number of hydrogen-bond donors (Lipinski definition) is 2. The number of halogens is 2. The standard InChI is InChI=1S/C29H35F2N7O/c1-7-38-20(4)21(14-34-38)15-37(6)28(39)23-13-27(36-25-9-8-18(2)12-22(23)25)26-11-10-24(19(3)35-26)33-17-29(30,31)16-32-5/h8-14,32-33H,7,15-17H2,1-6H3. The van der Waals surface area contributed by atoms with E-state index in [1.165, 1.54) is 7.05 Å². The van der Waals surface area contributed by atoms with Gasteiger partial charge >= 0.3 is 0 Å². The highest BCUT2D eigenvalue weighted by atomic mass is 19.3. The summed E-state index contributed by atoms with van der Waals surface area (Å²) in [6.07, 6.45) is 1.81. The molecule has 0 aliphatic heterocycles. The van der Waals surface area contributed by atoms with E-state index < -0.39 is 19.0 Å². The molecular weight excluding hydrogens is 500 g/mol. The minimum absolute atomic E-state index is 0.139. The third kappa shape index (κ3) is 6.22. The molecule has 4 aromatic rings. The fourth-order valence-corrected chi connectivity index (χ4v) is 4.58. The van der Waals surface area contributed by atoms with Crippen molar-refractivity contribution in [2.24, 2.45) is 0 Å². The Balaban J connectivity index is 1.67. The SMILES string of the molecule is CCn1ncc(CN(C)C(=O)c2cc(-c3ccc(NCC(F)(F)CNC)c(C)n3)nc3ccc(C)cc23)c1C. The lowest BCUT2D eigenvalue weighted by Gasteiger charge is -2.19. The van der Waals surface area contributed by atoms with Crippen LogP contribution in [0.2, 0.25) is 0 Å². The van der Waals surface area contributed by atoms with Crippen LogP contribution in [0, 0.1) is 20.8 Å². The highest BCUT2D eigenvalue weighted by Crippen LogP contribution is 2.28. The minimum atomic E-state index is -2.90. The average molecular weight is 536 g/mol. The van der Waals surface area contributed by atoms with Crippen LogP contribution in [0.5, 0.6) is 0 Å². The highest BCUT2D eigenvalue weighted by molar-refractivity contribution is 6.07. The summed E-state index contributed by atoms with van der Waals surface area (Å²) < 4.78 is 29.8. The van der Waals surface area contributed by atoms with E-state index in [4.69, 9.17) is 4.98 Å². The number of aryl methyl sites for hydroxylation is 3. The van der Waals surface area contributed by atoms with Crippen LogP contribution in [0.1, 0.15) is 39.8 Å². The van der Waals surface area contributed by atoms with Crippen LogP contribution in [-0.2, 0) is 13.1 Å². The fourth-order valence-electron chi connectivity index (χ4n) is 4.58. The fraction of sp³-hybridized carbons (Fsp3) is 0.379. The van der Waals surface area contributed by atoms with Gasteiger partial charge in [-0.1, -0.05) is 11.6 Å². The minimum Gasteiger partial charge on any atom is -0.377 e. The first-order chi connectivity index (χ1) is 18.5. The van der Waals surface area contributed by atoms with Crippen molar-refractivity contribution in [2.45, 2.75) is 46.7 Å². The summed E-state index contributed by atoms with van der Waals surface area (Å²) in [5.41, 5.74) is 6.42. The lowest BCUT2D eigenvalue weighted by atomic mass is 10.0. The zero-order valence-corrected chi connectivity index (χ0v) is 23.3. The number of rotatable bonds is 10. The summed E-state index contributed by atoms with van der Waals surface area (Å²) in [5.74, 6) is -3.04. The van der Waals surface area contributed by atoms with Crippen molar-refractivity contribution in [1.82, 2.24) is 30.0 Å².